The van der Waals surface area contributed by atoms with E-state index in [9.17, 15) is 10.1 Å². The van der Waals surface area contributed by atoms with E-state index in [2.05, 4.69) is 35.1 Å². The summed E-state index contributed by atoms with van der Waals surface area (Å²) in [5.74, 6) is 0. The topological polar surface area (TPSA) is 81.2 Å². The van der Waals surface area contributed by atoms with E-state index < -0.39 is 4.92 Å². The van der Waals surface area contributed by atoms with Gasteiger partial charge in [-0.15, -0.1) is 0 Å². The van der Waals surface area contributed by atoms with Gasteiger partial charge in [0.05, 0.1) is 17.7 Å². The highest BCUT2D eigenvalue weighted by molar-refractivity contribution is 7.96. The lowest BCUT2D eigenvalue weighted by atomic mass is 10.1. The third-order valence-corrected chi connectivity index (χ3v) is 2.33. The maximum atomic E-state index is 10.5. The Labute approximate surface area is 104 Å². The van der Waals surface area contributed by atoms with E-state index in [1.807, 2.05) is 0 Å². The van der Waals surface area contributed by atoms with Gasteiger partial charge in [0.2, 0.25) is 0 Å². The Morgan fingerprint density at radius 1 is 1.41 bits per heavy atom. The first-order valence-electron chi connectivity index (χ1n) is 4.74. The van der Waals surface area contributed by atoms with Gasteiger partial charge in [0.25, 0.3) is 5.69 Å². The van der Waals surface area contributed by atoms with Crippen molar-refractivity contribution in [3.63, 3.8) is 0 Å². The van der Waals surface area contributed by atoms with E-state index in [0.29, 0.717) is 10.9 Å². The number of thiol groups is 1. The molecule has 1 aromatic rings. The van der Waals surface area contributed by atoms with Crippen molar-refractivity contribution in [1.29, 1.82) is 0 Å². The number of hydrogen-bond donors (Lipinski definition) is 4. The molecule has 17 heavy (non-hydrogen) atoms. The molecule has 0 atom stereocenters. The first-order valence-corrected chi connectivity index (χ1v) is 5.18. The summed E-state index contributed by atoms with van der Waals surface area (Å²) in [6, 6.07) is 6.08. The lowest BCUT2D eigenvalue weighted by Gasteiger charge is -2.05. The zero-order valence-electron chi connectivity index (χ0n) is 9.23. The molecule has 0 bridgehead atoms. The molecule has 7 heteroatoms. The van der Waals surface area contributed by atoms with Crippen molar-refractivity contribution in [3.8, 4) is 0 Å². The summed E-state index contributed by atoms with van der Waals surface area (Å²) < 4.78 is 0. The zero-order valence-corrected chi connectivity index (χ0v) is 10.1. The third kappa shape index (κ3) is 3.80. The van der Waals surface area contributed by atoms with E-state index in [1.165, 1.54) is 12.1 Å². The van der Waals surface area contributed by atoms with Gasteiger partial charge in [0, 0.05) is 17.7 Å². The highest BCUT2D eigenvalue weighted by atomic mass is 32.1. The fraction of sp³-hybridized carbons (Fsp3) is 0.100. The number of non-ortho nitro benzene ring substituents is 1. The fourth-order valence-electron chi connectivity index (χ4n) is 1.05. The standard InChI is InChI=1S/C10H12N4O2S/c1-7(12-13-10(17)11-2)8-3-5-9(6-4-8)14(15)16/h3-6,12H,1H2,2H3,(H2,11,13,17)/p+1. The number of nitrogens with zero attached hydrogens (tertiary/aromatic N) is 1. The molecule has 0 radical (unpaired) electrons. The fourth-order valence-corrected chi connectivity index (χ4v) is 1.11. The van der Waals surface area contributed by atoms with Crippen LogP contribution in [0.1, 0.15) is 5.56 Å². The van der Waals surface area contributed by atoms with Crippen LogP contribution in [-0.4, -0.2) is 17.1 Å². The van der Waals surface area contributed by atoms with E-state index in [0.717, 1.165) is 5.56 Å². The molecule has 0 saturated carbocycles. The largest absolute Gasteiger partial charge is 0.324 e. The van der Waals surface area contributed by atoms with Gasteiger partial charge in [-0.2, -0.15) is 5.43 Å². The van der Waals surface area contributed by atoms with Crippen LogP contribution in [0.5, 0.6) is 0 Å². The molecule has 0 fully saturated rings. The second-order valence-electron chi connectivity index (χ2n) is 3.13. The minimum atomic E-state index is -0.446. The van der Waals surface area contributed by atoms with Crippen LogP contribution in [0.3, 0.4) is 0 Å². The predicted octanol–water partition coefficient (Wildman–Crippen LogP) is -0.344. The molecule has 0 aliphatic heterocycles. The second-order valence-corrected chi connectivity index (χ2v) is 3.58. The summed E-state index contributed by atoms with van der Waals surface area (Å²) in [5.41, 5.74) is 6.94. The van der Waals surface area contributed by atoms with E-state index >= 15 is 0 Å². The van der Waals surface area contributed by atoms with Crippen LogP contribution in [0.2, 0.25) is 0 Å². The number of nitro benzene ring substituents is 1. The van der Waals surface area contributed by atoms with Gasteiger partial charge in [-0.1, -0.05) is 19.2 Å². The Morgan fingerprint density at radius 2 is 2.00 bits per heavy atom. The summed E-state index contributed by atoms with van der Waals surface area (Å²) >= 11 is 4.06. The molecule has 0 saturated heterocycles. The molecule has 0 unspecified atom stereocenters. The Balaban J connectivity index is 2.67. The van der Waals surface area contributed by atoms with Crippen molar-refractivity contribution in [2.24, 2.45) is 0 Å². The van der Waals surface area contributed by atoms with Crippen molar-refractivity contribution in [2.75, 3.05) is 7.05 Å². The molecule has 3 N–H and O–H groups in total. The smallest absolute Gasteiger partial charge is 0.270 e. The van der Waals surface area contributed by atoms with Crippen LogP contribution >= 0.6 is 12.6 Å². The van der Waals surface area contributed by atoms with E-state index in [-0.39, 0.29) is 5.69 Å². The van der Waals surface area contributed by atoms with Crippen molar-refractivity contribution in [2.45, 2.75) is 0 Å². The monoisotopic (exact) mass is 253 g/mol. The Bertz CT molecular complexity index is 456. The van der Waals surface area contributed by atoms with Crippen LogP contribution in [0.15, 0.2) is 30.8 Å². The van der Waals surface area contributed by atoms with E-state index in [4.69, 9.17) is 0 Å². The van der Waals surface area contributed by atoms with Crippen molar-refractivity contribution in [3.05, 3.63) is 46.5 Å². The Morgan fingerprint density at radius 3 is 2.47 bits per heavy atom. The van der Waals surface area contributed by atoms with Crippen LogP contribution in [-0.2, 0) is 0 Å². The van der Waals surface area contributed by atoms with Crippen molar-refractivity contribution >= 4 is 29.2 Å². The lowest BCUT2D eigenvalue weighted by molar-refractivity contribution is -0.418. The number of hydrogen-bond acceptors (Lipinski definition) is 3. The maximum Gasteiger partial charge on any atom is 0.324 e. The predicted molar refractivity (Wildman–Crippen MR) is 69.3 cm³/mol. The summed E-state index contributed by atoms with van der Waals surface area (Å²) in [4.78, 5) is 12.8. The maximum absolute atomic E-state index is 10.5. The highest BCUT2D eigenvalue weighted by Gasteiger charge is 2.06. The molecule has 0 spiro atoms. The SMILES string of the molecule is C=C(NNC(S)=[NH+]C)c1ccc([N+](=O)[O-])cc1. The average Bonchev–Trinajstić information content (AvgIpc) is 2.35. The molecule has 0 aliphatic carbocycles. The van der Waals surface area contributed by atoms with Crippen molar-refractivity contribution < 1.29 is 9.92 Å². The number of hydrazine groups is 1. The van der Waals surface area contributed by atoms with Gasteiger partial charge in [0.15, 0.2) is 0 Å². The minimum Gasteiger partial charge on any atom is -0.270 e. The first kappa shape index (κ1) is 13.0. The van der Waals surface area contributed by atoms with Gasteiger partial charge >= 0.3 is 5.17 Å². The number of rotatable bonds is 4. The molecular weight excluding hydrogens is 240 g/mol. The number of benzene rings is 1. The molecule has 0 amide bonds. The Kier molecular flexibility index (Phi) is 4.53. The summed E-state index contributed by atoms with van der Waals surface area (Å²) in [5, 5.41) is 11.0. The number of amidine groups is 1. The highest BCUT2D eigenvalue weighted by Crippen LogP contribution is 2.15. The molecule has 90 valence electrons. The van der Waals surface area contributed by atoms with Crippen LogP contribution in [0.25, 0.3) is 5.70 Å². The summed E-state index contributed by atoms with van der Waals surface area (Å²) in [7, 11) is 1.71. The minimum absolute atomic E-state index is 0.0474. The second kappa shape index (κ2) is 5.90. The van der Waals surface area contributed by atoms with Crippen molar-refractivity contribution in [1.82, 2.24) is 10.9 Å². The molecular formula is C10H13N4O2S+. The van der Waals surface area contributed by atoms with Gasteiger partial charge in [-0.3, -0.25) is 15.1 Å². The van der Waals surface area contributed by atoms with Gasteiger partial charge in [-0.05, 0) is 12.1 Å². The van der Waals surface area contributed by atoms with Crippen LogP contribution in [0, 0.1) is 10.1 Å². The van der Waals surface area contributed by atoms with Crippen LogP contribution < -0.4 is 15.8 Å². The third-order valence-electron chi connectivity index (χ3n) is 2.00. The summed E-state index contributed by atoms with van der Waals surface area (Å²) in [6.07, 6.45) is 0. The normalized spacial score (nSPS) is 10.8. The van der Waals surface area contributed by atoms with E-state index in [1.54, 1.807) is 19.2 Å². The first-order chi connectivity index (χ1) is 8.04. The van der Waals surface area contributed by atoms with Gasteiger partial charge in [0.1, 0.15) is 0 Å². The summed E-state index contributed by atoms with van der Waals surface area (Å²) in [6.45, 7) is 3.79. The molecule has 1 aromatic carbocycles. The molecule has 1 rings (SSSR count). The van der Waals surface area contributed by atoms with Gasteiger partial charge < -0.3 is 0 Å². The quantitative estimate of drug-likeness (QED) is 0.194. The molecule has 0 aromatic heterocycles. The van der Waals surface area contributed by atoms with Gasteiger partial charge in [-0.25, -0.2) is 5.43 Å². The Hall–Kier alpha value is -2.02. The molecule has 6 nitrogen and oxygen atoms in total. The molecule has 0 aliphatic rings. The number of nitro groups is 1. The lowest BCUT2D eigenvalue weighted by Crippen LogP contribution is -2.71. The van der Waals surface area contributed by atoms with Crippen LogP contribution in [0.4, 0.5) is 5.69 Å². The molecule has 0 heterocycles. The zero-order chi connectivity index (χ0) is 12.8. The average molecular weight is 253 g/mol. The number of nitrogens with one attached hydrogen (secondary N) is 3.